The maximum absolute atomic E-state index is 12.2. The second kappa shape index (κ2) is 6.62. The summed E-state index contributed by atoms with van der Waals surface area (Å²) < 4.78 is 15.5. The van der Waals surface area contributed by atoms with Crippen LogP contribution in [0, 0.1) is 0 Å². The Morgan fingerprint density at radius 3 is 2.09 bits per heavy atom. The number of aromatic carboxylic acids is 1. The molecule has 2 aromatic carbocycles. The number of carbonyl (C=O) groups is 2. The predicted molar refractivity (Wildman–Crippen MR) is 77.9 cm³/mol. The number of benzene rings is 2. The van der Waals surface area contributed by atoms with E-state index < -0.39 is 11.9 Å². The van der Waals surface area contributed by atoms with E-state index >= 15 is 0 Å². The Morgan fingerprint density at radius 2 is 1.50 bits per heavy atom. The molecule has 0 aliphatic heterocycles. The number of carboxylic acids is 1. The molecule has 114 valence electrons. The van der Waals surface area contributed by atoms with E-state index in [-0.39, 0.29) is 22.6 Å². The summed E-state index contributed by atoms with van der Waals surface area (Å²) >= 11 is 0. The van der Waals surface area contributed by atoms with Crippen molar-refractivity contribution in [3.63, 3.8) is 0 Å². The Balaban J connectivity index is 2.36. The van der Waals surface area contributed by atoms with E-state index in [9.17, 15) is 9.59 Å². The standard InChI is InChI=1S/C16H14O6/c1-20-12-8-5-9-13(14(12)21-2)22-16(19)11-7-4-3-6-10(11)15(17)18/h3-9H,1-2H3,(H,17,18). The third kappa shape index (κ3) is 3.01. The Labute approximate surface area is 126 Å². The van der Waals surface area contributed by atoms with Crippen molar-refractivity contribution in [1.82, 2.24) is 0 Å². The average Bonchev–Trinajstić information content (AvgIpc) is 2.54. The van der Waals surface area contributed by atoms with Crippen LogP contribution in [0.3, 0.4) is 0 Å². The van der Waals surface area contributed by atoms with E-state index in [1.54, 1.807) is 18.2 Å². The zero-order valence-electron chi connectivity index (χ0n) is 12.0. The third-order valence-corrected chi connectivity index (χ3v) is 2.95. The van der Waals surface area contributed by atoms with Crippen LogP contribution in [0.25, 0.3) is 0 Å². The Kier molecular flexibility index (Phi) is 4.63. The molecule has 2 rings (SSSR count). The lowest BCUT2D eigenvalue weighted by molar-refractivity contribution is 0.0666. The zero-order chi connectivity index (χ0) is 16.1. The van der Waals surface area contributed by atoms with Crippen LogP contribution in [-0.4, -0.2) is 31.3 Å². The van der Waals surface area contributed by atoms with Crippen molar-refractivity contribution in [2.24, 2.45) is 0 Å². The van der Waals surface area contributed by atoms with Gasteiger partial charge in [-0.1, -0.05) is 18.2 Å². The number of hydrogen-bond acceptors (Lipinski definition) is 5. The minimum absolute atomic E-state index is 0.0418. The number of hydrogen-bond donors (Lipinski definition) is 1. The minimum Gasteiger partial charge on any atom is -0.493 e. The molecule has 0 aliphatic carbocycles. The van der Waals surface area contributed by atoms with Gasteiger partial charge in [-0.05, 0) is 24.3 Å². The van der Waals surface area contributed by atoms with Crippen molar-refractivity contribution < 1.29 is 28.9 Å². The van der Waals surface area contributed by atoms with E-state index in [4.69, 9.17) is 19.3 Å². The molecule has 0 saturated heterocycles. The van der Waals surface area contributed by atoms with Crippen molar-refractivity contribution in [1.29, 1.82) is 0 Å². The fourth-order valence-corrected chi connectivity index (χ4v) is 1.94. The predicted octanol–water partition coefficient (Wildman–Crippen LogP) is 2.62. The smallest absolute Gasteiger partial charge is 0.344 e. The van der Waals surface area contributed by atoms with E-state index in [2.05, 4.69) is 0 Å². The molecule has 0 aliphatic rings. The topological polar surface area (TPSA) is 82.1 Å². The zero-order valence-corrected chi connectivity index (χ0v) is 12.0. The SMILES string of the molecule is COc1cccc(OC(=O)c2ccccc2C(=O)O)c1OC. The Morgan fingerprint density at radius 1 is 0.864 bits per heavy atom. The fraction of sp³-hybridized carbons (Fsp3) is 0.125. The van der Waals surface area contributed by atoms with E-state index in [1.807, 2.05) is 0 Å². The van der Waals surface area contributed by atoms with Gasteiger partial charge in [-0.25, -0.2) is 9.59 Å². The molecule has 0 unspecified atom stereocenters. The summed E-state index contributed by atoms with van der Waals surface area (Å²) in [4.78, 5) is 23.4. The largest absolute Gasteiger partial charge is 0.493 e. The van der Waals surface area contributed by atoms with Crippen LogP contribution < -0.4 is 14.2 Å². The molecular formula is C16H14O6. The molecule has 0 radical (unpaired) electrons. The second-order valence-corrected chi connectivity index (χ2v) is 4.23. The Bertz CT molecular complexity index is 708. The van der Waals surface area contributed by atoms with E-state index in [0.29, 0.717) is 5.75 Å². The summed E-state index contributed by atoms with van der Waals surface area (Å²) in [5.74, 6) is -1.19. The number of para-hydroxylation sites is 1. The maximum atomic E-state index is 12.2. The highest BCUT2D eigenvalue weighted by Gasteiger charge is 2.20. The lowest BCUT2D eigenvalue weighted by Crippen LogP contribution is -2.14. The lowest BCUT2D eigenvalue weighted by Gasteiger charge is -2.12. The number of carboxylic acid groups (broad SMARTS) is 1. The summed E-state index contributed by atoms with van der Waals surface area (Å²) in [5.41, 5.74) is -0.172. The first-order valence-electron chi connectivity index (χ1n) is 6.34. The van der Waals surface area contributed by atoms with Crippen LogP contribution in [0.4, 0.5) is 0 Å². The highest BCUT2D eigenvalue weighted by Crippen LogP contribution is 2.37. The van der Waals surface area contributed by atoms with Crippen LogP contribution in [0.15, 0.2) is 42.5 Å². The maximum Gasteiger partial charge on any atom is 0.344 e. The van der Waals surface area contributed by atoms with Crippen LogP contribution in [0.5, 0.6) is 17.2 Å². The highest BCUT2D eigenvalue weighted by molar-refractivity contribution is 6.03. The minimum atomic E-state index is -1.20. The van der Waals surface area contributed by atoms with Gasteiger partial charge in [0, 0.05) is 0 Å². The first kappa shape index (κ1) is 15.4. The van der Waals surface area contributed by atoms with Gasteiger partial charge in [0.25, 0.3) is 0 Å². The number of rotatable bonds is 5. The van der Waals surface area contributed by atoms with E-state index in [0.717, 1.165) is 0 Å². The number of methoxy groups -OCH3 is 2. The Hall–Kier alpha value is -3.02. The summed E-state index contributed by atoms with van der Waals surface area (Å²) in [6, 6.07) is 10.6. The van der Waals surface area contributed by atoms with Gasteiger partial charge in [-0.3, -0.25) is 0 Å². The molecule has 22 heavy (non-hydrogen) atoms. The van der Waals surface area contributed by atoms with Gasteiger partial charge in [0.05, 0.1) is 25.3 Å². The first-order chi connectivity index (χ1) is 10.6. The molecule has 0 heterocycles. The number of esters is 1. The van der Waals surface area contributed by atoms with Gasteiger partial charge in [-0.2, -0.15) is 0 Å². The normalized spacial score (nSPS) is 9.91. The summed E-state index contributed by atoms with van der Waals surface area (Å²) in [7, 11) is 2.88. The molecule has 2 aromatic rings. The van der Waals surface area contributed by atoms with Gasteiger partial charge in [0.1, 0.15) is 0 Å². The molecule has 0 aromatic heterocycles. The highest BCUT2D eigenvalue weighted by atomic mass is 16.6. The van der Waals surface area contributed by atoms with Crippen molar-refractivity contribution in [3.05, 3.63) is 53.6 Å². The van der Waals surface area contributed by atoms with Crippen molar-refractivity contribution in [3.8, 4) is 17.2 Å². The first-order valence-corrected chi connectivity index (χ1v) is 6.34. The average molecular weight is 302 g/mol. The molecule has 0 bridgehead atoms. The molecule has 0 fully saturated rings. The molecule has 6 heteroatoms. The quantitative estimate of drug-likeness (QED) is 0.675. The summed E-state index contributed by atoms with van der Waals surface area (Å²) in [5, 5.41) is 9.11. The molecule has 0 amide bonds. The molecule has 1 N–H and O–H groups in total. The second-order valence-electron chi connectivity index (χ2n) is 4.23. The van der Waals surface area contributed by atoms with Crippen molar-refractivity contribution in [2.75, 3.05) is 14.2 Å². The lowest BCUT2D eigenvalue weighted by atomic mass is 10.1. The third-order valence-electron chi connectivity index (χ3n) is 2.95. The fourth-order valence-electron chi connectivity index (χ4n) is 1.94. The van der Waals surface area contributed by atoms with Crippen LogP contribution in [0.2, 0.25) is 0 Å². The van der Waals surface area contributed by atoms with Crippen LogP contribution in [0.1, 0.15) is 20.7 Å². The van der Waals surface area contributed by atoms with Crippen LogP contribution in [-0.2, 0) is 0 Å². The van der Waals surface area contributed by atoms with Crippen LogP contribution >= 0.6 is 0 Å². The van der Waals surface area contributed by atoms with Crippen molar-refractivity contribution >= 4 is 11.9 Å². The van der Waals surface area contributed by atoms with Gasteiger partial charge in [0.15, 0.2) is 11.5 Å². The molecule has 0 atom stereocenters. The summed E-state index contributed by atoms with van der Waals surface area (Å²) in [6.45, 7) is 0. The van der Waals surface area contributed by atoms with Gasteiger partial charge in [0.2, 0.25) is 5.75 Å². The molecular weight excluding hydrogens is 288 g/mol. The van der Waals surface area contributed by atoms with E-state index in [1.165, 1.54) is 38.5 Å². The molecule has 0 spiro atoms. The monoisotopic (exact) mass is 302 g/mol. The molecule has 6 nitrogen and oxygen atoms in total. The van der Waals surface area contributed by atoms with Gasteiger partial charge >= 0.3 is 11.9 Å². The van der Waals surface area contributed by atoms with Gasteiger partial charge in [-0.15, -0.1) is 0 Å². The van der Waals surface area contributed by atoms with Crippen molar-refractivity contribution in [2.45, 2.75) is 0 Å². The number of carbonyl (C=O) groups excluding carboxylic acids is 1. The number of ether oxygens (including phenoxy) is 3. The summed E-state index contributed by atoms with van der Waals surface area (Å²) in [6.07, 6.45) is 0. The molecule has 0 saturated carbocycles. The van der Waals surface area contributed by atoms with Gasteiger partial charge < -0.3 is 19.3 Å².